The van der Waals surface area contributed by atoms with E-state index in [1.54, 1.807) is 12.2 Å². The first kappa shape index (κ1) is 23.7. The fourth-order valence-corrected chi connectivity index (χ4v) is 9.92. The minimum Gasteiger partial charge on any atom is -0.364 e. The molecule has 0 aromatic rings. The van der Waals surface area contributed by atoms with Crippen molar-refractivity contribution in [3.8, 4) is 0 Å². The fraction of sp³-hybridized carbons (Fsp3) is 0.731. The van der Waals surface area contributed by atoms with Gasteiger partial charge in [0.15, 0.2) is 10.9 Å². The summed E-state index contributed by atoms with van der Waals surface area (Å²) in [6.45, 7) is 8.16. The summed E-state index contributed by atoms with van der Waals surface area (Å²) in [5.74, 6) is 0.209. The Morgan fingerprint density at radius 1 is 1.27 bits per heavy atom. The molecule has 0 radical (unpaired) electrons. The van der Waals surface area contributed by atoms with Gasteiger partial charge in [-0.15, -0.1) is 11.6 Å². The van der Waals surface area contributed by atoms with Gasteiger partial charge in [-0.05, 0) is 67.1 Å². The van der Waals surface area contributed by atoms with Crippen LogP contribution in [0.1, 0.15) is 59.8 Å². The summed E-state index contributed by atoms with van der Waals surface area (Å²) in [6.07, 6.45) is 7.85. The minimum absolute atomic E-state index is 0.0360. The zero-order chi connectivity index (χ0) is 24.0. The number of allylic oxidation sites excluding steroid dienone is 2. The summed E-state index contributed by atoms with van der Waals surface area (Å²) in [5, 5.41) is -0.476. The van der Waals surface area contributed by atoms with Gasteiger partial charge >= 0.3 is 0 Å². The van der Waals surface area contributed by atoms with Crippen LogP contribution in [0, 0.1) is 34.0 Å². The van der Waals surface area contributed by atoms with Crippen molar-refractivity contribution in [2.75, 3.05) is 6.01 Å². The molecule has 0 N–H and O–H groups in total. The smallest absolute Gasteiger partial charge is 0.198 e. The molecule has 0 amide bonds. The lowest BCUT2D eigenvalue weighted by atomic mass is 9.45. The SMILES string of the molecule is CCC(=O)C[C@]1(C(=O)SCF)[C@H](C)C[C@H]2[C@@H]3C[C@H](Cl)C4=CC(=O)C=C[C@]4(C)[C@@]34O[C@H]4C[C@@]21C. The Kier molecular flexibility index (Phi) is 5.40. The number of rotatable bonds is 5. The maximum absolute atomic E-state index is 13.6. The first-order valence-electron chi connectivity index (χ1n) is 12.0. The Labute approximate surface area is 204 Å². The van der Waals surface area contributed by atoms with Gasteiger partial charge in [0.25, 0.3) is 0 Å². The summed E-state index contributed by atoms with van der Waals surface area (Å²) in [6, 6.07) is -0.781. The molecule has 33 heavy (non-hydrogen) atoms. The van der Waals surface area contributed by atoms with E-state index >= 15 is 0 Å². The van der Waals surface area contributed by atoms with Gasteiger partial charge in [0.1, 0.15) is 17.4 Å². The molecule has 5 aliphatic rings. The number of hydrogen-bond donors (Lipinski definition) is 0. The molecular weight excluding hydrogens is 463 g/mol. The quantitative estimate of drug-likeness (QED) is 0.376. The van der Waals surface area contributed by atoms with Crippen LogP contribution in [-0.2, 0) is 19.1 Å². The zero-order valence-electron chi connectivity index (χ0n) is 19.7. The molecule has 0 bridgehead atoms. The molecule has 5 rings (SSSR count). The van der Waals surface area contributed by atoms with E-state index in [1.165, 1.54) is 0 Å². The van der Waals surface area contributed by atoms with Crippen LogP contribution in [0.15, 0.2) is 23.8 Å². The third-order valence-electron chi connectivity index (χ3n) is 10.2. The number of halogens is 2. The largest absolute Gasteiger partial charge is 0.364 e. The zero-order valence-corrected chi connectivity index (χ0v) is 21.2. The van der Waals surface area contributed by atoms with Crippen molar-refractivity contribution in [1.29, 1.82) is 0 Å². The van der Waals surface area contributed by atoms with E-state index in [2.05, 4.69) is 20.8 Å². The lowest BCUT2D eigenvalue weighted by molar-refractivity contribution is -0.141. The van der Waals surface area contributed by atoms with Gasteiger partial charge in [0, 0.05) is 18.3 Å². The van der Waals surface area contributed by atoms with Crippen LogP contribution in [-0.4, -0.2) is 39.8 Å². The van der Waals surface area contributed by atoms with E-state index < -0.39 is 27.9 Å². The van der Waals surface area contributed by atoms with Gasteiger partial charge in [-0.2, -0.15) is 0 Å². The molecule has 1 saturated heterocycles. The van der Waals surface area contributed by atoms with E-state index in [9.17, 15) is 18.8 Å². The summed E-state index contributed by atoms with van der Waals surface area (Å²) >= 11 is 7.64. The van der Waals surface area contributed by atoms with Crippen molar-refractivity contribution in [1.82, 2.24) is 0 Å². The maximum Gasteiger partial charge on any atom is 0.198 e. The highest BCUT2D eigenvalue weighted by Gasteiger charge is 2.82. The molecule has 1 aliphatic heterocycles. The lowest BCUT2D eigenvalue weighted by Gasteiger charge is -2.57. The molecule has 3 saturated carbocycles. The first-order valence-corrected chi connectivity index (χ1v) is 13.5. The molecule has 4 aliphatic carbocycles. The standard InChI is InChI=1S/C26H32ClFO4S/c1-5-15(29)11-25(22(31)33-13-28)14(2)8-17-18-10-20(27)19-9-16(30)6-7-23(19,3)26(18)21(32-26)12-24(17,25)4/h6-7,9,14,17-18,20-21H,5,8,10-13H2,1-4H3/t14-,17+,18+,20+,21+,23+,24+,25-,26-/m1/s1. The summed E-state index contributed by atoms with van der Waals surface area (Å²) < 4.78 is 20.0. The van der Waals surface area contributed by atoms with Gasteiger partial charge in [-0.3, -0.25) is 14.4 Å². The van der Waals surface area contributed by atoms with Gasteiger partial charge in [-0.1, -0.05) is 38.6 Å². The number of ketones is 2. The van der Waals surface area contributed by atoms with Gasteiger partial charge < -0.3 is 4.74 Å². The highest BCUT2D eigenvalue weighted by atomic mass is 35.5. The third-order valence-corrected chi connectivity index (χ3v) is 11.3. The van der Waals surface area contributed by atoms with Crippen molar-refractivity contribution in [3.63, 3.8) is 0 Å². The Bertz CT molecular complexity index is 995. The lowest BCUT2D eigenvalue weighted by Crippen LogP contribution is -2.61. The number of Topliss-reactive ketones (excluding diaryl/α,β-unsaturated/α-hetero) is 1. The molecule has 0 unspecified atom stereocenters. The molecule has 0 aromatic carbocycles. The van der Waals surface area contributed by atoms with E-state index in [1.807, 2.05) is 13.0 Å². The Morgan fingerprint density at radius 3 is 2.67 bits per heavy atom. The number of epoxide rings is 1. The van der Waals surface area contributed by atoms with E-state index in [4.69, 9.17) is 16.3 Å². The molecule has 1 heterocycles. The van der Waals surface area contributed by atoms with Crippen LogP contribution in [0.4, 0.5) is 4.39 Å². The Balaban J connectivity index is 1.62. The number of ether oxygens (including phenoxy) is 1. The summed E-state index contributed by atoms with van der Waals surface area (Å²) in [4.78, 5) is 38.5. The van der Waals surface area contributed by atoms with Gasteiger partial charge in [0.05, 0.1) is 16.9 Å². The average molecular weight is 495 g/mol. The van der Waals surface area contributed by atoms with Crippen LogP contribution in [0.2, 0.25) is 0 Å². The van der Waals surface area contributed by atoms with Crippen LogP contribution >= 0.6 is 23.4 Å². The molecule has 4 fully saturated rings. The van der Waals surface area contributed by atoms with Crippen LogP contribution in [0.5, 0.6) is 0 Å². The van der Waals surface area contributed by atoms with Crippen molar-refractivity contribution >= 4 is 40.0 Å². The second kappa shape index (κ2) is 7.51. The molecule has 9 atom stereocenters. The second-order valence-corrected chi connectivity index (χ2v) is 12.6. The third kappa shape index (κ3) is 2.78. The maximum atomic E-state index is 13.6. The van der Waals surface area contributed by atoms with Gasteiger partial charge in [0.2, 0.25) is 0 Å². The topological polar surface area (TPSA) is 63.7 Å². The van der Waals surface area contributed by atoms with Crippen molar-refractivity contribution in [3.05, 3.63) is 23.8 Å². The average Bonchev–Trinajstić information content (AvgIpc) is 3.44. The van der Waals surface area contributed by atoms with Crippen LogP contribution in [0.25, 0.3) is 0 Å². The molecular formula is C26H32ClFO4S. The summed E-state index contributed by atoms with van der Waals surface area (Å²) in [7, 11) is 0. The Morgan fingerprint density at radius 2 is 2.00 bits per heavy atom. The van der Waals surface area contributed by atoms with Crippen LogP contribution < -0.4 is 0 Å². The monoisotopic (exact) mass is 494 g/mol. The second-order valence-electron chi connectivity index (χ2n) is 11.2. The van der Waals surface area contributed by atoms with Gasteiger partial charge in [-0.25, -0.2) is 4.39 Å². The van der Waals surface area contributed by atoms with Crippen molar-refractivity contribution in [2.24, 2.45) is 34.0 Å². The number of alkyl halides is 2. The Hall–Kier alpha value is -0.980. The molecule has 4 nitrogen and oxygen atoms in total. The minimum atomic E-state index is -0.906. The first-order chi connectivity index (χ1) is 15.5. The molecule has 1 spiro atoms. The number of carbonyl (C=O) groups is 3. The van der Waals surface area contributed by atoms with E-state index in [0.29, 0.717) is 31.0 Å². The fourth-order valence-electron chi connectivity index (χ4n) is 8.58. The predicted octanol–water partition coefficient (Wildman–Crippen LogP) is 5.43. The van der Waals surface area contributed by atoms with Crippen molar-refractivity contribution < 1.29 is 23.5 Å². The summed E-state index contributed by atoms with van der Waals surface area (Å²) in [5.41, 5.74) is -1.35. The number of hydrogen-bond acceptors (Lipinski definition) is 5. The number of thioether (sulfide) groups is 1. The normalized spacial score (nSPS) is 49.5. The molecule has 0 aromatic heterocycles. The van der Waals surface area contributed by atoms with E-state index in [0.717, 1.165) is 12.0 Å². The van der Waals surface area contributed by atoms with Crippen LogP contribution in [0.3, 0.4) is 0 Å². The predicted molar refractivity (Wildman–Crippen MR) is 127 cm³/mol. The highest BCUT2D eigenvalue weighted by molar-refractivity contribution is 8.13. The van der Waals surface area contributed by atoms with Crippen molar-refractivity contribution in [2.45, 2.75) is 76.9 Å². The highest BCUT2D eigenvalue weighted by Crippen LogP contribution is 2.79. The number of fused-ring (bicyclic) bond motifs is 3. The molecule has 180 valence electrons. The number of carbonyl (C=O) groups excluding carboxylic acids is 3. The van der Waals surface area contributed by atoms with E-state index in [-0.39, 0.29) is 52.3 Å². The molecule has 7 heteroatoms.